The molecule has 0 radical (unpaired) electrons. The van der Waals surface area contributed by atoms with Gasteiger partial charge in [-0.1, -0.05) is 12.1 Å². The first-order valence-electron chi connectivity index (χ1n) is 11.2. The molecule has 0 saturated carbocycles. The number of thiophene rings is 1. The number of rotatable bonds is 4. The highest BCUT2D eigenvalue weighted by Crippen LogP contribution is 2.36. The monoisotopic (exact) mass is 480 g/mol. The third-order valence-electron chi connectivity index (χ3n) is 6.06. The van der Waals surface area contributed by atoms with E-state index in [0.717, 1.165) is 39.4 Å². The van der Waals surface area contributed by atoms with Gasteiger partial charge in [0.1, 0.15) is 0 Å². The molecule has 1 atom stereocenters. The van der Waals surface area contributed by atoms with Crippen molar-refractivity contribution in [1.29, 1.82) is 0 Å². The second-order valence-corrected chi connectivity index (χ2v) is 9.41. The van der Waals surface area contributed by atoms with Crippen LogP contribution in [0, 0.1) is 0 Å². The van der Waals surface area contributed by atoms with E-state index in [1.807, 2.05) is 11.3 Å². The number of hydrogen-bond acceptors (Lipinski definition) is 6. The van der Waals surface area contributed by atoms with Crippen LogP contribution >= 0.6 is 11.3 Å². The Morgan fingerprint density at radius 2 is 1.76 bits per heavy atom. The average Bonchev–Trinajstić information content (AvgIpc) is 3.31. The van der Waals surface area contributed by atoms with Crippen molar-refractivity contribution in [1.82, 2.24) is 4.90 Å². The first-order chi connectivity index (χ1) is 16.4. The number of fused-ring (bicyclic) bond motifs is 2. The highest BCUT2D eigenvalue weighted by Gasteiger charge is 2.26. The fourth-order valence-electron chi connectivity index (χ4n) is 4.48. The van der Waals surface area contributed by atoms with Crippen molar-refractivity contribution in [3.63, 3.8) is 0 Å². The predicted octanol–water partition coefficient (Wildman–Crippen LogP) is 4.03. The molecule has 3 aromatic rings. The molecule has 0 spiro atoms. The molecule has 0 amide bonds. The number of morpholine rings is 1. The van der Waals surface area contributed by atoms with Gasteiger partial charge in [0.15, 0.2) is 0 Å². The molecule has 0 bridgehead atoms. The predicted molar refractivity (Wildman–Crippen MR) is 134 cm³/mol. The van der Waals surface area contributed by atoms with Crippen molar-refractivity contribution < 1.29 is 24.5 Å². The number of aliphatic carboxylic acids is 2. The van der Waals surface area contributed by atoms with Gasteiger partial charge in [-0.3, -0.25) is 0 Å². The fourth-order valence-corrected chi connectivity index (χ4v) is 5.25. The van der Waals surface area contributed by atoms with E-state index in [9.17, 15) is 9.59 Å². The third kappa shape index (κ3) is 5.83. The lowest BCUT2D eigenvalue weighted by atomic mass is 9.84. The number of anilines is 1. The van der Waals surface area contributed by atoms with E-state index >= 15 is 0 Å². The number of carboxylic acids is 2. The Morgan fingerprint density at radius 3 is 2.47 bits per heavy atom. The molecule has 34 heavy (non-hydrogen) atoms. The molecule has 1 saturated heterocycles. The van der Waals surface area contributed by atoms with Crippen LogP contribution in [0.15, 0.2) is 60.0 Å². The van der Waals surface area contributed by atoms with Crippen molar-refractivity contribution in [3.05, 3.63) is 76.7 Å². The zero-order chi connectivity index (χ0) is 24.1. The third-order valence-corrected chi connectivity index (χ3v) is 6.96. The molecule has 2 aromatic carbocycles. The molecule has 8 heteroatoms. The van der Waals surface area contributed by atoms with E-state index in [1.54, 1.807) is 0 Å². The minimum Gasteiger partial charge on any atom is -0.478 e. The first kappa shape index (κ1) is 23.9. The van der Waals surface area contributed by atoms with Crippen LogP contribution in [-0.4, -0.2) is 66.9 Å². The fraction of sp³-hybridized carbons (Fsp3) is 0.308. The van der Waals surface area contributed by atoms with Gasteiger partial charge in [-0.15, -0.1) is 11.3 Å². The topological polar surface area (TPSA) is 90.3 Å². The van der Waals surface area contributed by atoms with E-state index in [0.29, 0.717) is 18.1 Å². The summed E-state index contributed by atoms with van der Waals surface area (Å²) in [6, 6.07) is 16.3. The van der Waals surface area contributed by atoms with Crippen LogP contribution in [0.3, 0.4) is 0 Å². The zero-order valence-electron chi connectivity index (χ0n) is 19.0. The van der Waals surface area contributed by atoms with E-state index < -0.39 is 11.9 Å². The molecule has 3 heterocycles. The summed E-state index contributed by atoms with van der Waals surface area (Å²) < 4.78 is 6.88. The number of carboxylic acid groups (broad SMARTS) is 2. The van der Waals surface area contributed by atoms with Crippen molar-refractivity contribution in [2.24, 2.45) is 0 Å². The minimum atomic E-state index is -1.26. The summed E-state index contributed by atoms with van der Waals surface area (Å²) in [5.41, 5.74) is 5.74. The number of benzene rings is 2. The maximum absolute atomic E-state index is 9.55. The standard InChI is InChI=1S/C22H24N2OS.C4H4O4/c1-23-14-18-13-19(24-7-9-25-10-8-24)3-4-20(18)21(15-23)16-2-5-22-17(12-16)6-11-26-22;5-3(6)1-2-4(7)8/h2-6,11-13,21H,7-10,14-15H2,1H3;1-2H,(H,5,6)(H,7,8)/b;2-1-. The van der Waals surface area contributed by atoms with E-state index in [-0.39, 0.29) is 0 Å². The molecular formula is C26H28N2O5S. The number of likely N-dealkylation sites (N-methyl/N-ethyl adjacent to an activating group) is 1. The van der Waals surface area contributed by atoms with Crippen LogP contribution < -0.4 is 4.90 Å². The largest absolute Gasteiger partial charge is 0.478 e. The van der Waals surface area contributed by atoms with E-state index in [1.165, 1.54) is 32.5 Å². The lowest BCUT2D eigenvalue weighted by Gasteiger charge is -2.35. The number of ether oxygens (including phenoxy) is 1. The quantitative estimate of drug-likeness (QED) is 0.545. The van der Waals surface area contributed by atoms with Crippen LogP contribution in [0.25, 0.3) is 10.1 Å². The number of hydrogen-bond donors (Lipinski definition) is 2. The van der Waals surface area contributed by atoms with Crippen LogP contribution in [0.5, 0.6) is 0 Å². The Hall–Kier alpha value is -3.20. The van der Waals surface area contributed by atoms with Gasteiger partial charge in [0.05, 0.1) is 13.2 Å². The van der Waals surface area contributed by atoms with Gasteiger partial charge in [-0.05, 0) is 64.8 Å². The van der Waals surface area contributed by atoms with E-state index in [4.69, 9.17) is 14.9 Å². The van der Waals surface area contributed by atoms with Crippen molar-refractivity contribution >= 4 is 39.0 Å². The molecule has 1 unspecified atom stereocenters. The molecule has 2 N–H and O–H groups in total. The summed E-state index contributed by atoms with van der Waals surface area (Å²) in [6.07, 6.45) is 1.12. The maximum atomic E-state index is 9.55. The Kier molecular flexibility index (Phi) is 7.62. The van der Waals surface area contributed by atoms with Gasteiger partial charge in [0.2, 0.25) is 0 Å². The number of carbonyl (C=O) groups is 2. The van der Waals surface area contributed by atoms with Gasteiger partial charge < -0.3 is 24.7 Å². The Labute approximate surface area is 202 Å². The Balaban J connectivity index is 0.000000297. The summed E-state index contributed by atoms with van der Waals surface area (Å²) in [6.45, 7) is 5.77. The Morgan fingerprint density at radius 1 is 1.03 bits per heavy atom. The van der Waals surface area contributed by atoms with Crippen LogP contribution in [0.4, 0.5) is 5.69 Å². The normalized spacial score (nSPS) is 18.4. The minimum absolute atomic E-state index is 0.451. The summed E-state index contributed by atoms with van der Waals surface area (Å²) in [7, 11) is 2.24. The average molecular weight is 481 g/mol. The molecule has 0 aliphatic carbocycles. The molecule has 2 aliphatic heterocycles. The van der Waals surface area contributed by atoms with Crippen molar-refractivity contribution in [2.45, 2.75) is 12.5 Å². The van der Waals surface area contributed by atoms with Crippen LogP contribution in [-0.2, 0) is 20.9 Å². The van der Waals surface area contributed by atoms with Crippen molar-refractivity contribution in [3.8, 4) is 0 Å². The lowest BCUT2D eigenvalue weighted by Crippen LogP contribution is -2.36. The smallest absolute Gasteiger partial charge is 0.328 e. The second-order valence-electron chi connectivity index (χ2n) is 8.46. The summed E-state index contributed by atoms with van der Waals surface area (Å²) in [5, 5.41) is 19.2. The molecular weight excluding hydrogens is 452 g/mol. The molecule has 1 aromatic heterocycles. The molecule has 178 valence electrons. The van der Waals surface area contributed by atoms with Crippen molar-refractivity contribution in [2.75, 3.05) is 44.8 Å². The van der Waals surface area contributed by atoms with Crippen LogP contribution in [0.1, 0.15) is 22.6 Å². The van der Waals surface area contributed by atoms with Gasteiger partial charge in [-0.2, -0.15) is 0 Å². The van der Waals surface area contributed by atoms with Crippen LogP contribution in [0.2, 0.25) is 0 Å². The van der Waals surface area contributed by atoms with Gasteiger partial charge in [-0.25, -0.2) is 9.59 Å². The SMILES string of the molecule is CN1Cc2cc(N3CCOCC3)ccc2C(c2ccc3sccc3c2)C1.O=C(O)/C=C\C(=O)O. The highest BCUT2D eigenvalue weighted by atomic mass is 32.1. The lowest BCUT2D eigenvalue weighted by molar-refractivity contribution is -0.134. The first-order valence-corrected chi connectivity index (χ1v) is 12.0. The molecule has 7 nitrogen and oxygen atoms in total. The molecule has 2 aliphatic rings. The van der Waals surface area contributed by atoms with E-state index in [2.05, 4.69) is 64.7 Å². The molecule has 5 rings (SSSR count). The summed E-state index contributed by atoms with van der Waals surface area (Å²) in [5.74, 6) is -2.06. The van der Waals surface area contributed by atoms with Gasteiger partial charge >= 0.3 is 11.9 Å². The summed E-state index contributed by atoms with van der Waals surface area (Å²) >= 11 is 1.82. The Bertz CT molecular complexity index is 1180. The maximum Gasteiger partial charge on any atom is 0.328 e. The highest BCUT2D eigenvalue weighted by molar-refractivity contribution is 7.17. The van der Waals surface area contributed by atoms with Gasteiger partial charge in [0.25, 0.3) is 0 Å². The van der Waals surface area contributed by atoms with Gasteiger partial charge in [0, 0.05) is 54.6 Å². The number of nitrogens with zero attached hydrogens (tertiary/aromatic N) is 2. The molecule has 1 fully saturated rings. The second kappa shape index (κ2) is 10.8. The zero-order valence-corrected chi connectivity index (χ0v) is 19.8. The summed E-state index contributed by atoms with van der Waals surface area (Å²) in [4.78, 5) is 24.0.